The Morgan fingerprint density at radius 1 is 1.21 bits per heavy atom. The van der Waals surface area contributed by atoms with E-state index >= 15 is 0 Å². The lowest BCUT2D eigenvalue weighted by Gasteiger charge is -2.09. The Bertz CT molecular complexity index is 405. The van der Waals surface area contributed by atoms with Crippen molar-refractivity contribution >= 4 is 15.9 Å². The van der Waals surface area contributed by atoms with Gasteiger partial charge in [0.05, 0.1) is 5.75 Å². The lowest BCUT2D eigenvalue weighted by Crippen LogP contribution is -2.36. The minimum atomic E-state index is -4.34. The quantitative estimate of drug-likeness (QED) is 0.651. The highest BCUT2D eigenvalue weighted by Crippen LogP contribution is 2.28. The Hall–Kier alpha value is -0.830. The Kier molecular flexibility index (Phi) is 5.60. The number of hydrogen-bond acceptors (Lipinski definition) is 3. The summed E-state index contributed by atoms with van der Waals surface area (Å²) in [6.45, 7) is 0.140. The fourth-order valence-electron chi connectivity index (χ4n) is 1.42. The molecule has 0 radical (unpaired) electrons. The zero-order valence-electron chi connectivity index (χ0n) is 10.3. The molecule has 112 valence electrons. The number of hydrogen-bond donors (Lipinski definition) is 2. The van der Waals surface area contributed by atoms with Gasteiger partial charge >= 0.3 is 6.18 Å². The van der Waals surface area contributed by atoms with Gasteiger partial charge in [0.1, 0.15) is 0 Å². The number of sulfonamides is 1. The van der Waals surface area contributed by atoms with Crippen LogP contribution in [0.3, 0.4) is 0 Å². The van der Waals surface area contributed by atoms with Gasteiger partial charge in [0, 0.05) is 25.4 Å². The Morgan fingerprint density at radius 2 is 1.84 bits per heavy atom. The Morgan fingerprint density at radius 3 is 2.37 bits per heavy atom. The van der Waals surface area contributed by atoms with E-state index in [0.717, 1.165) is 12.8 Å². The lowest BCUT2D eigenvalue weighted by atomic mass is 10.3. The lowest BCUT2D eigenvalue weighted by molar-refractivity contribution is -0.134. The van der Waals surface area contributed by atoms with Crippen LogP contribution >= 0.6 is 0 Å². The van der Waals surface area contributed by atoms with E-state index in [-0.39, 0.29) is 24.9 Å². The third-order valence-electron chi connectivity index (χ3n) is 2.57. The molecular formula is C10H17F3N2O3S. The largest absolute Gasteiger partial charge is 0.389 e. The summed E-state index contributed by atoms with van der Waals surface area (Å²) < 4.78 is 60.3. The third kappa shape index (κ3) is 8.04. The molecule has 1 rings (SSSR count). The molecule has 0 unspecified atom stereocenters. The summed E-state index contributed by atoms with van der Waals surface area (Å²) >= 11 is 0. The van der Waals surface area contributed by atoms with E-state index in [1.54, 1.807) is 0 Å². The molecule has 1 fully saturated rings. The van der Waals surface area contributed by atoms with E-state index in [1.165, 1.54) is 0 Å². The molecule has 19 heavy (non-hydrogen) atoms. The number of nitrogens with one attached hydrogen (secondary N) is 2. The average molecular weight is 302 g/mol. The number of alkyl halides is 3. The highest BCUT2D eigenvalue weighted by Gasteiger charge is 2.29. The van der Waals surface area contributed by atoms with Crippen molar-refractivity contribution in [3.05, 3.63) is 0 Å². The maximum atomic E-state index is 11.8. The first-order valence-corrected chi connectivity index (χ1v) is 7.67. The van der Waals surface area contributed by atoms with Crippen LogP contribution < -0.4 is 10.0 Å². The number of carbonyl (C=O) groups is 1. The van der Waals surface area contributed by atoms with Crippen LogP contribution in [0.5, 0.6) is 0 Å². The standard InChI is InChI=1S/C10H17F3N2O3S/c11-10(12,13)4-1-7-19(17,18)15-6-5-14-9(16)8-2-3-8/h8,15H,1-7H2,(H,14,16). The fraction of sp³-hybridized carbons (Fsp3) is 0.900. The predicted octanol–water partition coefficient (Wildman–Crippen LogP) is 0.774. The highest BCUT2D eigenvalue weighted by atomic mass is 32.2. The van der Waals surface area contributed by atoms with Gasteiger partial charge in [-0.25, -0.2) is 13.1 Å². The van der Waals surface area contributed by atoms with Gasteiger partial charge < -0.3 is 5.32 Å². The second kappa shape index (κ2) is 6.56. The van der Waals surface area contributed by atoms with Crippen molar-refractivity contribution in [2.45, 2.75) is 31.9 Å². The summed E-state index contributed by atoms with van der Waals surface area (Å²) in [5, 5.41) is 2.55. The molecule has 1 saturated carbocycles. The first kappa shape index (κ1) is 16.2. The second-order valence-corrected chi connectivity index (χ2v) is 6.42. The van der Waals surface area contributed by atoms with Gasteiger partial charge in [-0.05, 0) is 19.3 Å². The Balaban J connectivity index is 2.10. The summed E-state index contributed by atoms with van der Waals surface area (Å²) in [6, 6.07) is 0. The summed E-state index contributed by atoms with van der Waals surface area (Å²) in [4.78, 5) is 11.2. The summed E-state index contributed by atoms with van der Waals surface area (Å²) in [7, 11) is -3.71. The van der Waals surface area contributed by atoms with Crippen molar-refractivity contribution in [2.24, 2.45) is 5.92 Å². The van der Waals surface area contributed by atoms with Crippen LogP contribution in [0.15, 0.2) is 0 Å². The van der Waals surface area contributed by atoms with Crippen molar-refractivity contribution in [2.75, 3.05) is 18.8 Å². The Labute approximate surface area is 110 Å². The molecule has 1 aliphatic rings. The highest BCUT2D eigenvalue weighted by molar-refractivity contribution is 7.89. The molecule has 0 atom stereocenters. The van der Waals surface area contributed by atoms with E-state index < -0.39 is 34.8 Å². The molecular weight excluding hydrogens is 285 g/mol. The van der Waals surface area contributed by atoms with E-state index in [4.69, 9.17) is 0 Å². The summed E-state index contributed by atoms with van der Waals surface area (Å²) in [6.07, 6.45) is -4.21. The third-order valence-corrected chi connectivity index (χ3v) is 4.04. The van der Waals surface area contributed by atoms with E-state index in [0.29, 0.717) is 0 Å². The maximum Gasteiger partial charge on any atom is 0.389 e. The van der Waals surface area contributed by atoms with Gasteiger partial charge in [0.15, 0.2) is 0 Å². The van der Waals surface area contributed by atoms with Gasteiger partial charge in [-0.2, -0.15) is 13.2 Å². The molecule has 9 heteroatoms. The monoisotopic (exact) mass is 302 g/mol. The number of rotatable bonds is 8. The van der Waals surface area contributed by atoms with Gasteiger partial charge in [-0.15, -0.1) is 0 Å². The van der Waals surface area contributed by atoms with Gasteiger partial charge in [0.2, 0.25) is 15.9 Å². The normalized spacial score (nSPS) is 16.4. The van der Waals surface area contributed by atoms with Crippen LogP contribution in [0.1, 0.15) is 25.7 Å². The van der Waals surface area contributed by atoms with Crippen molar-refractivity contribution in [3.8, 4) is 0 Å². The second-order valence-electron chi connectivity index (χ2n) is 4.50. The van der Waals surface area contributed by atoms with Crippen LogP contribution in [0.25, 0.3) is 0 Å². The smallest absolute Gasteiger partial charge is 0.355 e. The molecule has 0 bridgehead atoms. The van der Waals surface area contributed by atoms with E-state index in [2.05, 4.69) is 10.0 Å². The molecule has 2 N–H and O–H groups in total. The molecule has 0 aromatic heterocycles. The number of amides is 1. The molecule has 0 spiro atoms. The van der Waals surface area contributed by atoms with E-state index in [1.807, 2.05) is 0 Å². The van der Waals surface area contributed by atoms with Crippen molar-refractivity contribution in [1.82, 2.24) is 10.0 Å². The fourth-order valence-corrected chi connectivity index (χ4v) is 2.50. The molecule has 0 aromatic rings. The first-order valence-electron chi connectivity index (χ1n) is 6.01. The molecule has 0 saturated heterocycles. The zero-order valence-corrected chi connectivity index (χ0v) is 11.1. The molecule has 0 heterocycles. The first-order chi connectivity index (χ1) is 8.70. The number of carbonyl (C=O) groups excluding carboxylic acids is 1. The minimum Gasteiger partial charge on any atom is -0.355 e. The van der Waals surface area contributed by atoms with Crippen molar-refractivity contribution in [1.29, 1.82) is 0 Å². The molecule has 1 aliphatic carbocycles. The maximum absolute atomic E-state index is 11.8. The average Bonchev–Trinajstić information content (AvgIpc) is 3.05. The minimum absolute atomic E-state index is 0.00713. The van der Waals surface area contributed by atoms with E-state index in [9.17, 15) is 26.4 Å². The predicted molar refractivity (Wildman–Crippen MR) is 62.8 cm³/mol. The van der Waals surface area contributed by atoms with Crippen LogP contribution in [-0.2, 0) is 14.8 Å². The SMILES string of the molecule is O=C(NCCNS(=O)(=O)CCCC(F)(F)F)C1CC1. The van der Waals surface area contributed by atoms with Gasteiger partial charge in [0.25, 0.3) is 0 Å². The van der Waals surface area contributed by atoms with Gasteiger partial charge in [-0.1, -0.05) is 0 Å². The summed E-state index contributed by atoms with van der Waals surface area (Å²) in [5.74, 6) is -0.622. The zero-order chi connectivity index (χ0) is 14.5. The van der Waals surface area contributed by atoms with Crippen LogP contribution in [0.4, 0.5) is 13.2 Å². The van der Waals surface area contributed by atoms with Crippen LogP contribution in [0, 0.1) is 5.92 Å². The van der Waals surface area contributed by atoms with Crippen molar-refractivity contribution < 1.29 is 26.4 Å². The molecule has 0 aromatic carbocycles. The molecule has 0 aliphatic heterocycles. The topological polar surface area (TPSA) is 75.3 Å². The molecule has 1 amide bonds. The number of halogens is 3. The van der Waals surface area contributed by atoms with Crippen LogP contribution in [0.2, 0.25) is 0 Å². The van der Waals surface area contributed by atoms with Gasteiger partial charge in [-0.3, -0.25) is 4.79 Å². The molecule has 5 nitrogen and oxygen atoms in total. The van der Waals surface area contributed by atoms with Crippen LogP contribution in [-0.4, -0.2) is 39.3 Å². The summed E-state index contributed by atoms with van der Waals surface area (Å²) in [5.41, 5.74) is 0. The van der Waals surface area contributed by atoms with Crippen molar-refractivity contribution in [3.63, 3.8) is 0 Å².